The normalized spacial score (nSPS) is 46.9. The number of aliphatic carboxylic acids is 2. The zero-order chi connectivity index (χ0) is 24.5. The summed E-state index contributed by atoms with van der Waals surface area (Å²) in [5, 5.41) is 25.2. The van der Waals surface area contributed by atoms with Crippen LogP contribution in [0.15, 0.2) is 0 Å². The van der Waals surface area contributed by atoms with Gasteiger partial charge in [0.05, 0.1) is 10.8 Å². The van der Waals surface area contributed by atoms with Crippen LogP contribution in [0, 0.1) is 34.5 Å². The van der Waals surface area contributed by atoms with E-state index in [1.54, 1.807) is 0 Å². The van der Waals surface area contributed by atoms with E-state index >= 15 is 0 Å². The van der Waals surface area contributed by atoms with Gasteiger partial charge in [-0.05, 0) is 101 Å². The van der Waals surface area contributed by atoms with E-state index in [0.29, 0.717) is 36.5 Å². The third-order valence-corrected chi connectivity index (χ3v) is 9.91. The van der Waals surface area contributed by atoms with Crippen LogP contribution < -0.4 is 10.6 Å². The first-order valence-electron chi connectivity index (χ1n) is 12.9. The highest BCUT2D eigenvalue weighted by molar-refractivity contribution is 5.78. The summed E-state index contributed by atoms with van der Waals surface area (Å²) < 4.78 is 0. The Balaban J connectivity index is 0.000000142. The van der Waals surface area contributed by atoms with Crippen LogP contribution in [0.2, 0.25) is 0 Å². The zero-order valence-corrected chi connectivity index (χ0v) is 20.3. The van der Waals surface area contributed by atoms with E-state index in [1.807, 2.05) is 0 Å². The van der Waals surface area contributed by atoms with Crippen LogP contribution in [0.1, 0.15) is 90.9 Å². The Kier molecular flexibility index (Phi) is 5.34. The summed E-state index contributed by atoms with van der Waals surface area (Å²) in [6, 6.07) is 0. The average molecular weight is 475 g/mol. The highest BCUT2D eigenvalue weighted by Crippen LogP contribution is 2.62. The molecule has 188 valence electrons. The molecule has 8 bridgehead atoms. The fourth-order valence-electron chi connectivity index (χ4n) is 10.1. The number of rotatable bonds is 4. The number of nitrogens with one attached hydrogen (secondary N) is 2. The molecule has 4 unspecified atom stereocenters. The van der Waals surface area contributed by atoms with Crippen LogP contribution in [0.25, 0.3) is 0 Å². The van der Waals surface area contributed by atoms with E-state index in [0.717, 1.165) is 64.2 Å². The Morgan fingerprint density at radius 2 is 0.882 bits per heavy atom. The molecule has 8 rings (SSSR count). The Labute approximate surface area is 200 Å². The van der Waals surface area contributed by atoms with E-state index in [-0.39, 0.29) is 22.9 Å². The van der Waals surface area contributed by atoms with Crippen molar-refractivity contribution >= 4 is 23.8 Å². The van der Waals surface area contributed by atoms with Gasteiger partial charge in [-0.3, -0.25) is 19.2 Å². The maximum absolute atomic E-state index is 11.6. The van der Waals surface area contributed by atoms with Crippen molar-refractivity contribution in [1.82, 2.24) is 10.6 Å². The van der Waals surface area contributed by atoms with Crippen molar-refractivity contribution < 1.29 is 29.4 Å². The third kappa shape index (κ3) is 3.91. The number of carbonyl (C=O) groups is 4. The molecule has 4 N–H and O–H groups in total. The summed E-state index contributed by atoms with van der Waals surface area (Å²) >= 11 is 0. The molecule has 8 heteroatoms. The fourth-order valence-corrected chi connectivity index (χ4v) is 10.1. The highest BCUT2D eigenvalue weighted by Gasteiger charge is 2.62. The molecular weight excluding hydrogens is 436 g/mol. The molecule has 0 spiro atoms. The smallest absolute Gasteiger partial charge is 0.309 e. The third-order valence-electron chi connectivity index (χ3n) is 9.91. The molecule has 8 aliphatic rings. The molecule has 8 nitrogen and oxygen atoms in total. The molecule has 2 amide bonds. The van der Waals surface area contributed by atoms with Crippen molar-refractivity contribution in [3.8, 4) is 0 Å². The second-order valence-electron chi connectivity index (χ2n) is 13.0. The lowest BCUT2D eigenvalue weighted by Crippen LogP contribution is -2.64. The summed E-state index contributed by atoms with van der Waals surface area (Å²) in [5.41, 5.74) is -1.53. The van der Waals surface area contributed by atoms with Gasteiger partial charge in [-0.2, -0.15) is 0 Å². The average Bonchev–Trinajstić information content (AvgIpc) is 2.64. The molecule has 8 saturated carbocycles. The van der Waals surface area contributed by atoms with E-state index in [9.17, 15) is 29.4 Å². The number of carboxylic acids is 2. The fraction of sp³-hybridized carbons (Fsp3) is 0.846. The summed E-state index contributed by atoms with van der Waals surface area (Å²) in [7, 11) is 0. The molecule has 8 aliphatic carbocycles. The summed E-state index contributed by atoms with van der Waals surface area (Å²) in [6.45, 7) is 3.07. The van der Waals surface area contributed by atoms with Crippen molar-refractivity contribution in [1.29, 1.82) is 0 Å². The summed E-state index contributed by atoms with van der Waals surface area (Å²) in [6.07, 6.45) is 10.8. The van der Waals surface area contributed by atoms with Gasteiger partial charge in [0.1, 0.15) is 0 Å². The largest absolute Gasteiger partial charge is 0.481 e. The number of hydrogen-bond donors (Lipinski definition) is 4. The molecule has 0 heterocycles. The quantitative estimate of drug-likeness (QED) is 0.495. The van der Waals surface area contributed by atoms with Gasteiger partial charge in [0.25, 0.3) is 0 Å². The lowest BCUT2D eigenvalue weighted by Gasteiger charge is -2.60. The van der Waals surface area contributed by atoms with Crippen LogP contribution in [0.5, 0.6) is 0 Å². The van der Waals surface area contributed by atoms with Crippen LogP contribution in [-0.4, -0.2) is 45.0 Å². The number of carboxylic acid groups (broad SMARTS) is 2. The lowest BCUT2D eigenvalue weighted by atomic mass is 9.47. The van der Waals surface area contributed by atoms with Crippen molar-refractivity contribution in [2.75, 3.05) is 0 Å². The Bertz CT molecular complexity index is 826. The topological polar surface area (TPSA) is 133 Å². The molecule has 0 aliphatic heterocycles. The number of hydrogen-bond acceptors (Lipinski definition) is 4. The lowest BCUT2D eigenvalue weighted by molar-refractivity contribution is -0.169. The molecule has 8 atom stereocenters. The van der Waals surface area contributed by atoms with Gasteiger partial charge in [-0.25, -0.2) is 0 Å². The minimum Gasteiger partial charge on any atom is -0.481 e. The van der Waals surface area contributed by atoms with Crippen LogP contribution >= 0.6 is 0 Å². The maximum atomic E-state index is 11.6. The molecule has 0 aromatic heterocycles. The molecule has 0 radical (unpaired) electrons. The van der Waals surface area contributed by atoms with Crippen LogP contribution in [0.3, 0.4) is 0 Å². The first kappa shape index (κ1) is 23.6. The minimum absolute atomic E-state index is 0.0208. The zero-order valence-electron chi connectivity index (χ0n) is 20.3. The SMILES string of the molecule is CC(=O)NC12C[C@H]3C[C@@H](C1)CC(C(=O)O)(C3)C2.CC(=O)NC12C[C@H]3C[C@@H](C1)CC(C(=O)O)(C3)C2. The monoisotopic (exact) mass is 474 g/mol. The van der Waals surface area contributed by atoms with E-state index in [2.05, 4.69) is 10.6 Å². The molecule has 8 fully saturated rings. The van der Waals surface area contributed by atoms with Crippen molar-refractivity contribution in [2.45, 2.75) is 102 Å². The number of carbonyl (C=O) groups excluding carboxylic acids is 2. The van der Waals surface area contributed by atoms with E-state index < -0.39 is 22.8 Å². The van der Waals surface area contributed by atoms with Gasteiger partial charge in [0.15, 0.2) is 0 Å². The Morgan fingerprint density at radius 1 is 0.588 bits per heavy atom. The van der Waals surface area contributed by atoms with Gasteiger partial charge in [0.2, 0.25) is 11.8 Å². The second-order valence-corrected chi connectivity index (χ2v) is 13.0. The predicted molar refractivity (Wildman–Crippen MR) is 123 cm³/mol. The van der Waals surface area contributed by atoms with Gasteiger partial charge in [0, 0.05) is 24.9 Å². The molecule has 34 heavy (non-hydrogen) atoms. The summed E-state index contributed by atoms with van der Waals surface area (Å²) in [5.74, 6) is 0.652. The van der Waals surface area contributed by atoms with E-state index in [4.69, 9.17) is 0 Å². The Hall–Kier alpha value is -2.12. The van der Waals surface area contributed by atoms with Gasteiger partial charge in [-0.15, -0.1) is 0 Å². The predicted octanol–water partition coefficient (Wildman–Crippen LogP) is 3.09. The molecule has 0 saturated heterocycles. The Morgan fingerprint density at radius 3 is 1.12 bits per heavy atom. The molecule has 0 aromatic rings. The van der Waals surface area contributed by atoms with Crippen LogP contribution in [0.4, 0.5) is 0 Å². The first-order valence-corrected chi connectivity index (χ1v) is 12.9. The minimum atomic E-state index is -0.652. The van der Waals surface area contributed by atoms with Gasteiger partial charge < -0.3 is 20.8 Å². The van der Waals surface area contributed by atoms with Crippen molar-refractivity contribution in [3.63, 3.8) is 0 Å². The highest BCUT2D eigenvalue weighted by atomic mass is 16.4. The van der Waals surface area contributed by atoms with Crippen molar-refractivity contribution in [3.05, 3.63) is 0 Å². The molecular formula is C26H38N2O6. The van der Waals surface area contributed by atoms with Crippen molar-refractivity contribution in [2.24, 2.45) is 34.5 Å². The second kappa shape index (κ2) is 7.69. The first-order chi connectivity index (χ1) is 15.9. The maximum Gasteiger partial charge on any atom is 0.309 e. The molecule has 0 aromatic carbocycles. The van der Waals surface area contributed by atoms with Gasteiger partial charge in [-0.1, -0.05) is 0 Å². The standard InChI is InChI=1S/2C13H19NO3/c2*1-8(15)14-13-5-9-2-10(6-13)4-12(3-9,7-13)11(16)17/h2*9-10H,2-7H2,1H3,(H,14,15)(H,16,17)/t2*9-,10+,12?,13?. The van der Waals surface area contributed by atoms with E-state index in [1.165, 1.54) is 13.8 Å². The van der Waals surface area contributed by atoms with Gasteiger partial charge >= 0.3 is 11.9 Å². The summed E-state index contributed by atoms with van der Waals surface area (Å²) in [4.78, 5) is 45.8. The van der Waals surface area contributed by atoms with Crippen LogP contribution in [-0.2, 0) is 19.2 Å². The number of amides is 2.